The SMILES string of the molecule is CC(NC(=O)CN(C)CC(=O)NC1CC1)c1ccccc1Cl. The summed E-state index contributed by atoms with van der Waals surface area (Å²) in [6.45, 7) is 2.29. The van der Waals surface area contributed by atoms with E-state index in [-0.39, 0.29) is 30.9 Å². The number of rotatable bonds is 7. The zero-order valence-electron chi connectivity index (χ0n) is 12.9. The van der Waals surface area contributed by atoms with Gasteiger partial charge in [0, 0.05) is 11.1 Å². The molecule has 1 saturated carbocycles. The van der Waals surface area contributed by atoms with Gasteiger partial charge in [-0.1, -0.05) is 29.8 Å². The van der Waals surface area contributed by atoms with Crippen molar-refractivity contribution in [1.29, 1.82) is 0 Å². The Balaban J connectivity index is 1.76. The van der Waals surface area contributed by atoms with Gasteiger partial charge in [0.2, 0.25) is 11.8 Å². The van der Waals surface area contributed by atoms with E-state index in [1.54, 1.807) is 18.0 Å². The Labute approximate surface area is 136 Å². The highest BCUT2D eigenvalue weighted by Gasteiger charge is 2.24. The van der Waals surface area contributed by atoms with Crippen LogP contribution >= 0.6 is 11.6 Å². The van der Waals surface area contributed by atoms with E-state index < -0.39 is 0 Å². The summed E-state index contributed by atoms with van der Waals surface area (Å²) in [5, 5.41) is 6.43. The van der Waals surface area contributed by atoms with Crippen LogP contribution in [0.5, 0.6) is 0 Å². The third-order valence-electron chi connectivity index (χ3n) is 3.52. The number of nitrogens with zero attached hydrogens (tertiary/aromatic N) is 1. The molecule has 5 nitrogen and oxygen atoms in total. The average molecular weight is 324 g/mol. The van der Waals surface area contributed by atoms with E-state index in [1.807, 2.05) is 25.1 Å². The van der Waals surface area contributed by atoms with Crippen molar-refractivity contribution in [3.63, 3.8) is 0 Å². The van der Waals surface area contributed by atoms with Gasteiger partial charge in [0.25, 0.3) is 0 Å². The molecule has 0 bridgehead atoms. The summed E-state index contributed by atoms with van der Waals surface area (Å²) >= 11 is 6.12. The third kappa shape index (κ3) is 5.31. The zero-order chi connectivity index (χ0) is 16.1. The Morgan fingerprint density at radius 2 is 1.91 bits per heavy atom. The minimum atomic E-state index is -0.171. The molecule has 2 amide bonds. The van der Waals surface area contributed by atoms with E-state index in [0.29, 0.717) is 11.1 Å². The molecule has 120 valence electrons. The monoisotopic (exact) mass is 323 g/mol. The van der Waals surface area contributed by atoms with Gasteiger partial charge in [-0.3, -0.25) is 14.5 Å². The van der Waals surface area contributed by atoms with E-state index in [2.05, 4.69) is 10.6 Å². The summed E-state index contributed by atoms with van der Waals surface area (Å²) in [6, 6.07) is 7.60. The first kappa shape index (κ1) is 16.8. The Morgan fingerprint density at radius 1 is 1.27 bits per heavy atom. The number of amides is 2. The molecular formula is C16H22ClN3O2. The number of carbonyl (C=O) groups excluding carboxylic acids is 2. The van der Waals surface area contributed by atoms with Crippen LogP contribution < -0.4 is 10.6 Å². The fraction of sp³-hybridized carbons (Fsp3) is 0.500. The van der Waals surface area contributed by atoms with Crippen LogP contribution in [0.15, 0.2) is 24.3 Å². The first-order valence-electron chi connectivity index (χ1n) is 7.47. The number of carbonyl (C=O) groups is 2. The zero-order valence-corrected chi connectivity index (χ0v) is 13.7. The molecule has 2 N–H and O–H groups in total. The van der Waals surface area contributed by atoms with Crippen molar-refractivity contribution in [2.75, 3.05) is 20.1 Å². The molecule has 0 spiro atoms. The quantitative estimate of drug-likeness (QED) is 0.803. The summed E-state index contributed by atoms with van der Waals surface area (Å²) in [6.07, 6.45) is 2.12. The molecular weight excluding hydrogens is 302 g/mol. The summed E-state index contributed by atoms with van der Waals surface area (Å²) in [5.41, 5.74) is 0.881. The number of hydrogen-bond donors (Lipinski definition) is 2. The van der Waals surface area contributed by atoms with Gasteiger partial charge < -0.3 is 10.6 Å². The fourth-order valence-corrected chi connectivity index (χ4v) is 2.54. The number of halogens is 1. The number of nitrogens with one attached hydrogen (secondary N) is 2. The summed E-state index contributed by atoms with van der Waals surface area (Å²) in [4.78, 5) is 25.4. The number of benzene rings is 1. The van der Waals surface area contributed by atoms with Crippen molar-refractivity contribution in [2.24, 2.45) is 0 Å². The Hall–Kier alpha value is -1.59. The van der Waals surface area contributed by atoms with Gasteiger partial charge in [-0.25, -0.2) is 0 Å². The van der Waals surface area contributed by atoms with E-state index in [1.165, 1.54) is 0 Å². The van der Waals surface area contributed by atoms with Gasteiger partial charge >= 0.3 is 0 Å². The molecule has 0 aromatic heterocycles. The smallest absolute Gasteiger partial charge is 0.234 e. The molecule has 1 atom stereocenters. The molecule has 1 fully saturated rings. The highest BCUT2D eigenvalue weighted by molar-refractivity contribution is 6.31. The maximum Gasteiger partial charge on any atom is 0.234 e. The molecule has 1 aromatic carbocycles. The minimum absolute atomic E-state index is 0.0306. The molecule has 0 radical (unpaired) electrons. The molecule has 2 rings (SSSR count). The molecule has 1 unspecified atom stereocenters. The maximum absolute atomic E-state index is 12.0. The fourth-order valence-electron chi connectivity index (χ4n) is 2.24. The molecule has 22 heavy (non-hydrogen) atoms. The molecule has 0 saturated heterocycles. The third-order valence-corrected chi connectivity index (χ3v) is 3.86. The molecule has 0 aliphatic heterocycles. The summed E-state index contributed by atoms with van der Waals surface area (Å²) in [7, 11) is 1.76. The van der Waals surface area contributed by atoms with Gasteiger partial charge in [0.15, 0.2) is 0 Å². The van der Waals surface area contributed by atoms with Crippen LogP contribution in [0.25, 0.3) is 0 Å². The van der Waals surface area contributed by atoms with Crippen molar-refractivity contribution in [1.82, 2.24) is 15.5 Å². The second-order valence-corrected chi connectivity index (χ2v) is 6.23. The van der Waals surface area contributed by atoms with Crippen LogP contribution in [0.1, 0.15) is 31.4 Å². The van der Waals surface area contributed by atoms with Crippen molar-refractivity contribution in [3.8, 4) is 0 Å². The van der Waals surface area contributed by atoms with Gasteiger partial charge in [-0.2, -0.15) is 0 Å². The lowest BCUT2D eigenvalue weighted by Crippen LogP contribution is -2.41. The van der Waals surface area contributed by atoms with Gasteiger partial charge in [0.05, 0.1) is 19.1 Å². The largest absolute Gasteiger partial charge is 0.352 e. The van der Waals surface area contributed by atoms with E-state index >= 15 is 0 Å². The van der Waals surface area contributed by atoms with Crippen LogP contribution in [0.4, 0.5) is 0 Å². The standard InChI is InChI=1S/C16H22ClN3O2/c1-11(13-5-3-4-6-14(13)17)18-15(21)9-20(2)10-16(22)19-12-7-8-12/h3-6,11-12H,7-10H2,1-2H3,(H,18,21)(H,19,22). The topological polar surface area (TPSA) is 61.4 Å². The summed E-state index contributed by atoms with van der Waals surface area (Å²) in [5.74, 6) is -0.161. The second-order valence-electron chi connectivity index (χ2n) is 5.82. The van der Waals surface area contributed by atoms with Crippen LogP contribution in [0.3, 0.4) is 0 Å². The van der Waals surface area contributed by atoms with E-state index in [9.17, 15) is 9.59 Å². The Morgan fingerprint density at radius 3 is 2.55 bits per heavy atom. The van der Waals surface area contributed by atoms with Crippen molar-refractivity contribution >= 4 is 23.4 Å². The van der Waals surface area contributed by atoms with Crippen LogP contribution in [-0.4, -0.2) is 42.9 Å². The lowest BCUT2D eigenvalue weighted by molar-refractivity contribution is -0.125. The first-order valence-corrected chi connectivity index (χ1v) is 7.85. The second kappa shape index (κ2) is 7.61. The predicted octanol–water partition coefficient (Wildman–Crippen LogP) is 1.73. The minimum Gasteiger partial charge on any atom is -0.352 e. The van der Waals surface area contributed by atoms with E-state index in [0.717, 1.165) is 18.4 Å². The van der Waals surface area contributed by atoms with Crippen LogP contribution in [0, 0.1) is 0 Å². The van der Waals surface area contributed by atoms with Crippen molar-refractivity contribution in [2.45, 2.75) is 31.8 Å². The first-order chi connectivity index (χ1) is 10.5. The lowest BCUT2D eigenvalue weighted by Gasteiger charge is -2.19. The maximum atomic E-state index is 12.0. The Kier molecular flexibility index (Phi) is 5.80. The molecule has 1 aliphatic carbocycles. The highest BCUT2D eigenvalue weighted by atomic mass is 35.5. The molecule has 1 aliphatic rings. The number of hydrogen-bond acceptors (Lipinski definition) is 3. The van der Waals surface area contributed by atoms with Crippen molar-refractivity contribution in [3.05, 3.63) is 34.9 Å². The highest BCUT2D eigenvalue weighted by Crippen LogP contribution is 2.22. The molecule has 6 heteroatoms. The van der Waals surface area contributed by atoms with Gasteiger partial charge in [-0.05, 0) is 38.4 Å². The normalized spacial score (nSPS) is 15.5. The van der Waals surface area contributed by atoms with Crippen LogP contribution in [-0.2, 0) is 9.59 Å². The van der Waals surface area contributed by atoms with Crippen LogP contribution in [0.2, 0.25) is 5.02 Å². The Bertz CT molecular complexity index is 546. The molecule has 1 aromatic rings. The van der Waals surface area contributed by atoms with Crippen molar-refractivity contribution < 1.29 is 9.59 Å². The predicted molar refractivity (Wildman–Crippen MR) is 86.7 cm³/mol. The average Bonchev–Trinajstić information content (AvgIpc) is 3.22. The van der Waals surface area contributed by atoms with Gasteiger partial charge in [-0.15, -0.1) is 0 Å². The summed E-state index contributed by atoms with van der Waals surface area (Å²) < 4.78 is 0. The van der Waals surface area contributed by atoms with Gasteiger partial charge in [0.1, 0.15) is 0 Å². The van der Waals surface area contributed by atoms with E-state index in [4.69, 9.17) is 11.6 Å². The lowest BCUT2D eigenvalue weighted by atomic mass is 10.1. The molecule has 0 heterocycles. The number of likely N-dealkylation sites (N-methyl/N-ethyl adjacent to an activating group) is 1.